The molecule has 1 atom stereocenters. The van der Waals surface area contributed by atoms with E-state index in [1.807, 2.05) is 23.5 Å². The highest BCUT2D eigenvalue weighted by molar-refractivity contribution is 7.09. The molecule has 1 aromatic heterocycles. The molecular weight excluding hydrogens is 262 g/mol. The Balaban J connectivity index is 1.70. The van der Waals surface area contributed by atoms with Crippen LogP contribution in [0.15, 0.2) is 41.8 Å². The maximum atomic E-state index is 5.95. The van der Waals surface area contributed by atoms with Crippen molar-refractivity contribution in [3.63, 3.8) is 0 Å². The maximum Gasteiger partial charge on any atom is 0.0406 e. The average molecular weight is 278 g/mol. The first-order chi connectivity index (χ1) is 8.83. The number of thiophene rings is 1. The second-order valence-electron chi connectivity index (χ2n) is 4.83. The first kappa shape index (κ1) is 12.2. The van der Waals surface area contributed by atoms with Crippen molar-refractivity contribution < 1.29 is 0 Å². The fourth-order valence-electron chi connectivity index (χ4n) is 2.28. The van der Waals surface area contributed by atoms with Crippen molar-refractivity contribution in [3.8, 4) is 0 Å². The highest BCUT2D eigenvalue weighted by Crippen LogP contribution is 2.41. The van der Waals surface area contributed by atoms with Crippen LogP contribution in [0.25, 0.3) is 0 Å². The van der Waals surface area contributed by atoms with E-state index in [9.17, 15) is 0 Å². The normalized spacial score (nSPS) is 16.7. The molecule has 1 unspecified atom stereocenters. The molecule has 0 aliphatic heterocycles. The predicted octanol–water partition coefficient (Wildman–Crippen LogP) is 4.64. The SMILES string of the molecule is Clc1ccc(C(NCc2cccs2)C2CC2)cc1. The van der Waals surface area contributed by atoms with Gasteiger partial charge in [0.15, 0.2) is 0 Å². The fourth-order valence-corrected chi connectivity index (χ4v) is 3.06. The highest BCUT2D eigenvalue weighted by Gasteiger charge is 2.31. The lowest BCUT2D eigenvalue weighted by Crippen LogP contribution is -2.22. The minimum absolute atomic E-state index is 0.476. The minimum atomic E-state index is 0.476. The Bertz CT molecular complexity index is 488. The molecule has 3 heteroatoms. The van der Waals surface area contributed by atoms with Gasteiger partial charge in [-0.25, -0.2) is 0 Å². The van der Waals surface area contributed by atoms with E-state index in [1.54, 1.807) is 0 Å². The van der Waals surface area contributed by atoms with E-state index in [2.05, 4.69) is 35.0 Å². The molecule has 18 heavy (non-hydrogen) atoms. The van der Waals surface area contributed by atoms with E-state index in [-0.39, 0.29) is 0 Å². The van der Waals surface area contributed by atoms with E-state index >= 15 is 0 Å². The van der Waals surface area contributed by atoms with Crippen molar-refractivity contribution in [2.75, 3.05) is 0 Å². The second kappa shape index (κ2) is 5.43. The van der Waals surface area contributed by atoms with Gasteiger partial charge in [0.2, 0.25) is 0 Å². The lowest BCUT2D eigenvalue weighted by molar-refractivity contribution is 0.483. The molecule has 0 saturated heterocycles. The number of hydrogen-bond donors (Lipinski definition) is 1. The quantitative estimate of drug-likeness (QED) is 0.839. The topological polar surface area (TPSA) is 12.0 Å². The van der Waals surface area contributed by atoms with Gasteiger partial charge in [0, 0.05) is 22.5 Å². The molecule has 1 aliphatic rings. The molecule has 1 heterocycles. The Hall–Kier alpha value is -0.830. The molecule has 2 aromatic rings. The number of hydrogen-bond acceptors (Lipinski definition) is 2. The zero-order valence-corrected chi connectivity index (χ0v) is 11.7. The third kappa shape index (κ3) is 2.94. The molecule has 1 aliphatic carbocycles. The Kier molecular flexibility index (Phi) is 3.69. The first-order valence-electron chi connectivity index (χ1n) is 6.34. The number of rotatable bonds is 5. The molecule has 94 valence electrons. The van der Waals surface area contributed by atoms with Crippen molar-refractivity contribution in [1.82, 2.24) is 5.32 Å². The van der Waals surface area contributed by atoms with Crippen LogP contribution in [0.1, 0.15) is 29.3 Å². The van der Waals surface area contributed by atoms with Crippen LogP contribution in [0.3, 0.4) is 0 Å². The van der Waals surface area contributed by atoms with Crippen LogP contribution >= 0.6 is 22.9 Å². The van der Waals surface area contributed by atoms with Gasteiger partial charge in [0.05, 0.1) is 0 Å². The summed E-state index contributed by atoms with van der Waals surface area (Å²) in [5, 5.41) is 6.63. The molecule has 0 radical (unpaired) electrons. The van der Waals surface area contributed by atoms with Gasteiger partial charge in [-0.3, -0.25) is 0 Å². The van der Waals surface area contributed by atoms with Gasteiger partial charge in [0.1, 0.15) is 0 Å². The first-order valence-corrected chi connectivity index (χ1v) is 7.60. The van der Waals surface area contributed by atoms with Crippen molar-refractivity contribution in [2.24, 2.45) is 5.92 Å². The molecule has 0 spiro atoms. The molecule has 1 fully saturated rings. The predicted molar refractivity (Wildman–Crippen MR) is 78.1 cm³/mol. The molecule has 3 rings (SSSR count). The van der Waals surface area contributed by atoms with E-state index in [0.29, 0.717) is 6.04 Å². The van der Waals surface area contributed by atoms with Crippen molar-refractivity contribution in [2.45, 2.75) is 25.4 Å². The summed E-state index contributed by atoms with van der Waals surface area (Å²) in [6, 6.07) is 13.0. The average Bonchev–Trinajstić information content (AvgIpc) is 3.08. The summed E-state index contributed by atoms with van der Waals surface area (Å²) in [7, 11) is 0. The van der Waals surface area contributed by atoms with Crippen LogP contribution in [0.2, 0.25) is 5.02 Å². The van der Waals surface area contributed by atoms with E-state index in [0.717, 1.165) is 17.5 Å². The van der Waals surface area contributed by atoms with E-state index in [4.69, 9.17) is 11.6 Å². The summed E-state index contributed by atoms with van der Waals surface area (Å²) in [6.07, 6.45) is 2.68. The smallest absolute Gasteiger partial charge is 0.0406 e. The van der Waals surface area contributed by atoms with Gasteiger partial charge in [-0.15, -0.1) is 11.3 Å². The van der Waals surface area contributed by atoms with Crippen LogP contribution in [0, 0.1) is 5.92 Å². The van der Waals surface area contributed by atoms with Gasteiger partial charge >= 0.3 is 0 Å². The third-order valence-corrected chi connectivity index (χ3v) is 4.53. The van der Waals surface area contributed by atoms with Gasteiger partial charge < -0.3 is 5.32 Å². The monoisotopic (exact) mass is 277 g/mol. The largest absolute Gasteiger partial charge is 0.305 e. The van der Waals surface area contributed by atoms with Gasteiger partial charge in [-0.05, 0) is 47.9 Å². The molecule has 1 saturated carbocycles. The number of benzene rings is 1. The summed E-state index contributed by atoms with van der Waals surface area (Å²) in [4.78, 5) is 1.40. The summed E-state index contributed by atoms with van der Waals surface area (Å²) >= 11 is 7.76. The molecular formula is C15H16ClNS. The molecule has 1 nitrogen and oxygen atoms in total. The Labute approximate surface area is 117 Å². The molecule has 1 N–H and O–H groups in total. The lowest BCUT2D eigenvalue weighted by atomic mass is 10.0. The summed E-state index contributed by atoms with van der Waals surface area (Å²) in [5.74, 6) is 0.797. The number of nitrogens with one attached hydrogen (secondary N) is 1. The van der Waals surface area contributed by atoms with E-state index < -0.39 is 0 Å². The molecule has 1 aromatic carbocycles. The Morgan fingerprint density at radius 1 is 1.22 bits per heavy atom. The Morgan fingerprint density at radius 2 is 2.00 bits per heavy atom. The van der Waals surface area contributed by atoms with Gasteiger partial charge in [-0.1, -0.05) is 29.8 Å². The molecule has 0 amide bonds. The van der Waals surface area contributed by atoms with Gasteiger partial charge in [-0.2, -0.15) is 0 Å². The number of halogens is 1. The minimum Gasteiger partial charge on any atom is -0.305 e. The maximum absolute atomic E-state index is 5.95. The fraction of sp³-hybridized carbons (Fsp3) is 0.333. The van der Waals surface area contributed by atoms with Crippen LogP contribution in [-0.2, 0) is 6.54 Å². The lowest BCUT2D eigenvalue weighted by Gasteiger charge is -2.18. The van der Waals surface area contributed by atoms with Gasteiger partial charge in [0.25, 0.3) is 0 Å². The van der Waals surface area contributed by atoms with Crippen molar-refractivity contribution >= 4 is 22.9 Å². The van der Waals surface area contributed by atoms with Crippen LogP contribution in [0.5, 0.6) is 0 Å². The summed E-state index contributed by atoms with van der Waals surface area (Å²) in [6.45, 7) is 0.960. The third-order valence-electron chi connectivity index (χ3n) is 3.40. The zero-order chi connectivity index (χ0) is 12.4. The summed E-state index contributed by atoms with van der Waals surface area (Å²) in [5.41, 5.74) is 1.36. The highest BCUT2D eigenvalue weighted by atomic mass is 35.5. The van der Waals surface area contributed by atoms with Crippen LogP contribution in [-0.4, -0.2) is 0 Å². The van der Waals surface area contributed by atoms with E-state index in [1.165, 1.54) is 23.3 Å². The zero-order valence-electron chi connectivity index (χ0n) is 10.1. The van der Waals surface area contributed by atoms with Crippen molar-refractivity contribution in [1.29, 1.82) is 0 Å². The standard InChI is InChI=1S/C15H16ClNS/c16-13-7-5-12(6-8-13)15(11-3-4-11)17-10-14-2-1-9-18-14/h1-2,5-9,11,15,17H,3-4,10H2. The molecule has 0 bridgehead atoms. The van der Waals surface area contributed by atoms with Crippen LogP contribution in [0.4, 0.5) is 0 Å². The van der Waals surface area contributed by atoms with Crippen molar-refractivity contribution in [3.05, 3.63) is 57.2 Å². The Morgan fingerprint density at radius 3 is 2.61 bits per heavy atom. The summed E-state index contributed by atoms with van der Waals surface area (Å²) < 4.78 is 0. The second-order valence-corrected chi connectivity index (χ2v) is 6.30. The van der Waals surface area contributed by atoms with Crippen LogP contribution < -0.4 is 5.32 Å².